The summed E-state index contributed by atoms with van der Waals surface area (Å²) < 4.78 is 11.9. The number of benzene rings is 1. The van der Waals surface area contributed by atoms with Gasteiger partial charge in [0.1, 0.15) is 12.4 Å². The Hall–Kier alpha value is -1.75. The highest BCUT2D eigenvalue weighted by Crippen LogP contribution is 2.15. The average Bonchev–Trinajstić information content (AvgIpc) is 3.24. The number of rotatable bonds is 5. The van der Waals surface area contributed by atoms with Gasteiger partial charge in [-0.25, -0.2) is 0 Å². The number of nitrogens with one attached hydrogen (secondary N) is 1. The Kier molecular flexibility index (Phi) is 9.10. The number of furan rings is 1. The van der Waals surface area contributed by atoms with Crippen LogP contribution in [0.5, 0.6) is 5.75 Å². The second-order valence-corrected chi connectivity index (χ2v) is 6.95. The van der Waals surface area contributed by atoms with Gasteiger partial charge in [0.2, 0.25) is 0 Å². The lowest BCUT2D eigenvalue weighted by atomic mass is 10.3. The van der Waals surface area contributed by atoms with Crippen LogP contribution in [0.25, 0.3) is 0 Å². The molecule has 7 nitrogen and oxygen atoms in total. The minimum atomic E-state index is -0.0644. The highest BCUT2D eigenvalue weighted by atomic mass is 127. The molecule has 1 N–H and O–H groups in total. The van der Waals surface area contributed by atoms with Crippen LogP contribution in [0.1, 0.15) is 10.6 Å². The van der Waals surface area contributed by atoms with E-state index in [1.54, 1.807) is 24.1 Å². The third-order valence-electron chi connectivity index (χ3n) is 4.28. The van der Waals surface area contributed by atoms with Crippen molar-refractivity contribution in [2.45, 2.75) is 0 Å². The Labute approximate surface area is 190 Å². The predicted octanol–water partition coefficient (Wildman–Crippen LogP) is 3.07. The number of guanidine groups is 1. The lowest BCUT2D eigenvalue weighted by Crippen LogP contribution is -2.54. The molecule has 0 radical (unpaired) electrons. The van der Waals surface area contributed by atoms with Crippen molar-refractivity contribution < 1.29 is 13.9 Å². The fourth-order valence-corrected chi connectivity index (χ4v) is 3.14. The Morgan fingerprint density at radius 1 is 1.18 bits per heavy atom. The van der Waals surface area contributed by atoms with E-state index in [-0.39, 0.29) is 29.9 Å². The van der Waals surface area contributed by atoms with Crippen LogP contribution in [-0.2, 0) is 0 Å². The molecule has 152 valence electrons. The topological polar surface area (TPSA) is 70.3 Å². The fraction of sp³-hybridized carbons (Fsp3) is 0.368. The maximum absolute atomic E-state index is 12.3. The first kappa shape index (κ1) is 22.5. The van der Waals surface area contributed by atoms with Gasteiger partial charge in [-0.2, -0.15) is 0 Å². The largest absolute Gasteiger partial charge is 0.492 e. The summed E-state index contributed by atoms with van der Waals surface area (Å²) >= 11 is 3.41. The molecular weight excluding hydrogens is 539 g/mol. The summed E-state index contributed by atoms with van der Waals surface area (Å²) in [5.41, 5.74) is 0. The number of hydrogen-bond acceptors (Lipinski definition) is 4. The molecule has 0 unspecified atom stereocenters. The number of amides is 1. The molecule has 28 heavy (non-hydrogen) atoms. The number of nitrogens with zero attached hydrogens (tertiary/aromatic N) is 3. The van der Waals surface area contributed by atoms with E-state index in [2.05, 4.69) is 31.1 Å². The minimum absolute atomic E-state index is 0. The van der Waals surface area contributed by atoms with Gasteiger partial charge in [0.25, 0.3) is 5.91 Å². The monoisotopic (exact) mass is 562 g/mol. The van der Waals surface area contributed by atoms with Gasteiger partial charge in [0.05, 0.1) is 12.8 Å². The molecule has 1 aromatic heterocycles. The average molecular weight is 563 g/mol. The van der Waals surface area contributed by atoms with Crippen molar-refractivity contribution in [2.75, 3.05) is 46.4 Å². The maximum atomic E-state index is 12.3. The molecule has 9 heteroatoms. The minimum Gasteiger partial charge on any atom is -0.492 e. The predicted molar refractivity (Wildman–Crippen MR) is 123 cm³/mol. The van der Waals surface area contributed by atoms with Crippen LogP contribution in [0.15, 0.2) is 56.5 Å². The molecule has 0 spiro atoms. The molecule has 0 saturated carbocycles. The summed E-state index contributed by atoms with van der Waals surface area (Å²) in [6, 6.07) is 11.2. The molecule has 1 fully saturated rings. The normalized spacial score (nSPS) is 14.4. The molecule has 1 amide bonds. The smallest absolute Gasteiger partial charge is 0.289 e. The van der Waals surface area contributed by atoms with Crippen LogP contribution in [0.4, 0.5) is 0 Å². The first-order valence-electron chi connectivity index (χ1n) is 8.84. The molecule has 3 rings (SSSR count). The van der Waals surface area contributed by atoms with E-state index < -0.39 is 0 Å². The van der Waals surface area contributed by atoms with E-state index in [0.717, 1.165) is 29.3 Å². The lowest BCUT2D eigenvalue weighted by molar-refractivity contribution is 0.0657. The molecule has 1 saturated heterocycles. The summed E-state index contributed by atoms with van der Waals surface area (Å²) in [5.74, 6) is 1.97. The number of carbonyl (C=O) groups is 1. The number of hydrogen-bond donors (Lipinski definition) is 1. The summed E-state index contributed by atoms with van der Waals surface area (Å²) in [6.07, 6.45) is 1.52. The number of piperazine rings is 1. The van der Waals surface area contributed by atoms with E-state index in [1.165, 1.54) is 6.26 Å². The fourth-order valence-electron chi connectivity index (χ4n) is 2.87. The molecule has 1 aromatic carbocycles. The van der Waals surface area contributed by atoms with E-state index in [0.29, 0.717) is 32.0 Å². The summed E-state index contributed by atoms with van der Waals surface area (Å²) in [7, 11) is 1.76. The third-order valence-corrected chi connectivity index (χ3v) is 4.81. The maximum Gasteiger partial charge on any atom is 0.289 e. The standard InChI is InChI=1S/C19H23BrN4O3.HI/c1-21-19(22-8-14-26-16-6-4-15(20)5-7-16)24-11-9-23(10-12-24)18(25)17-3-2-13-27-17;/h2-7,13H,8-12,14H2,1H3,(H,21,22);1H. The van der Waals surface area contributed by atoms with Crippen molar-refractivity contribution in [3.05, 3.63) is 52.9 Å². The lowest BCUT2D eigenvalue weighted by Gasteiger charge is -2.36. The molecule has 2 heterocycles. The van der Waals surface area contributed by atoms with E-state index in [1.807, 2.05) is 24.3 Å². The van der Waals surface area contributed by atoms with Gasteiger partial charge >= 0.3 is 0 Å². The van der Waals surface area contributed by atoms with Crippen molar-refractivity contribution >= 4 is 51.8 Å². The quantitative estimate of drug-likeness (QED) is 0.262. The Morgan fingerprint density at radius 3 is 2.46 bits per heavy atom. The summed E-state index contributed by atoms with van der Waals surface area (Å²) in [5, 5.41) is 3.31. The highest BCUT2D eigenvalue weighted by molar-refractivity contribution is 14.0. The number of halogens is 2. The second-order valence-electron chi connectivity index (χ2n) is 6.03. The van der Waals surface area contributed by atoms with E-state index in [9.17, 15) is 4.79 Å². The number of carbonyl (C=O) groups excluding carboxylic acids is 1. The van der Waals surface area contributed by atoms with Crippen LogP contribution in [0.2, 0.25) is 0 Å². The third kappa shape index (κ3) is 6.13. The SMILES string of the molecule is CN=C(NCCOc1ccc(Br)cc1)N1CCN(C(=O)c2ccco2)CC1.I. The molecule has 1 aliphatic rings. The molecule has 0 atom stereocenters. The first-order valence-corrected chi connectivity index (χ1v) is 9.63. The molecule has 1 aliphatic heterocycles. The summed E-state index contributed by atoms with van der Waals surface area (Å²) in [6.45, 7) is 3.90. The van der Waals surface area contributed by atoms with Crippen molar-refractivity contribution in [1.29, 1.82) is 0 Å². The van der Waals surface area contributed by atoms with Crippen LogP contribution < -0.4 is 10.1 Å². The van der Waals surface area contributed by atoms with Gasteiger partial charge in [-0.15, -0.1) is 24.0 Å². The second kappa shape index (κ2) is 11.3. The van der Waals surface area contributed by atoms with Gasteiger partial charge in [-0.05, 0) is 36.4 Å². The van der Waals surface area contributed by atoms with Crippen molar-refractivity contribution in [2.24, 2.45) is 4.99 Å². The zero-order valence-electron chi connectivity index (χ0n) is 15.6. The molecule has 2 aromatic rings. The number of ether oxygens (including phenoxy) is 1. The van der Waals surface area contributed by atoms with Gasteiger partial charge in [0, 0.05) is 37.7 Å². The van der Waals surface area contributed by atoms with Crippen LogP contribution >= 0.6 is 39.9 Å². The zero-order chi connectivity index (χ0) is 19.1. The van der Waals surface area contributed by atoms with E-state index in [4.69, 9.17) is 9.15 Å². The van der Waals surface area contributed by atoms with Crippen LogP contribution in [0, 0.1) is 0 Å². The Morgan fingerprint density at radius 2 is 1.86 bits per heavy atom. The molecular formula is C19H24BrIN4O3. The van der Waals surface area contributed by atoms with Crippen LogP contribution in [0.3, 0.4) is 0 Å². The zero-order valence-corrected chi connectivity index (χ0v) is 19.6. The Balaban J connectivity index is 0.00000280. The highest BCUT2D eigenvalue weighted by Gasteiger charge is 2.24. The van der Waals surface area contributed by atoms with Crippen molar-refractivity contribution in [3.8, 4) is 5.75 Å². The number of aliphatic imine (C=N–C) groups is 1. The van der Waals surface area contributed by atoms with E-state index >= 15 is 0 Å². The molecule has 0 aliphatic carbocycles. The van der Waals surface area contributed by atoms with Gasteiger partial charge in [-0.1, -0.05) is 15.9 Å². The first-order chi connectivity index (χ1) is 13.2. The van der Waals surface area contributed by atoms with Gasteiger partial charge in [0.15, 0.2) is 11.7 Å². The van der Waals surface area contributed by atoms with Gasteiger partial charge in [-0.3, -0.25) is 9.79 Å². The molecule has 0 bridgehead atoms. The van der Waals surface area contributed by atoms with Crippen LogP contribution in [-0.4, -0.2) is 68.0 Å². The van der Waals surface area contributed by atoms with Crippen molar-refractivity contribution in [1.82, 2.24) is 15.1 Å². The van der Waals surface area contributed by atoms with Crippen molar-refractivity contribution in [3.63, 3.8) is 0 Å². The summed E-state index contributed by atoms with van der Waals surface area (Å²) in [4.78, 5) is 20.6. The Bertz CT molecular complexity index is 760. The van der Waals surface area contributed by atoms with Gasteiger partial charge < -0.3 is 24.3 Å².